The minimum Gasteiger partial charge on any atom is -0.386 e. The Balaban J connectivity index is 1.49. The summed E-state index contributed by atoms with van der Waals surface area (Å²) in [6, 6.07) is 7.22. The molecule has 6 rings (SSSR count). The van der Waals surface area contributed by atoms with Crippen LogP contribution < -0.4 is 21.3 Å². The van der Waals surface area contributed by atoms with Crippen LogP contribution in [0.3, 0.4) is 0 Å². The number of hydrogen-bond donors (Lipinski definition) is 4. The molecule has 37 heavy (non-hydrogen) atoms. The summed E-state index contributed by atoms with van der Waals surface area (Å²) in [5, 5.41) is 18.1. The van der Waals surface area contributed by atoms with Crippen molar-refractivity contribution in [2.75, 3.05) is 48.7 Å². The zero-order valence-electron chi connectivity index (χ0n) is 19.4. The maximum atomic E-state index is 16.4. The van der Waals surface area contributed by atoms with Crippen molar-refractivity contribution >= 4 is 72.3 Å². The van der Waals surface area contributed by atoms with Gasteiger partial charge in [0.15, 0.2) is 10.9 Å². The summed E-state index contributed by atoms with van der Waals surface area (Å²) in [5.74, 6) is 0.240. The molecule has 5 N–H and O–H groups in total. The van der Waals surface area contributed by atoms with E-state index < -0.39 is 11.9 Å². The van der Waals surface area contributed by atoms with Gasteiger partial charge in [-0.25, -0.2) is 14.4 Å². The molecule has 13 heteroatoms. The first kappa shape index (κ1) is 24.2. The number of hydrogen-bond acceptors (Lipinski definition) is 11. The van der Waals surface area contributed by atoms with Gasteiger partial charge < -0.3 is 26.4 Å². The van der Waals surface area contributed by atoms with E-state index in [2.05, 4.69) is 30.5 Å². The lowest BCUT2D eigenvalue weighted by molar-refractivity contribution is 0.195. The molecule has 1 atom stereocenters. The fourth-order valence-corrected chi connectivity index (χ4v) is 6.13. The van der Waals surface area contributed by atoms with Gasteiger partial charge in [0.1, 0.15) is 17.4 Å². The van der Waals surface area contributed by atoms with Gasteiger partial charge in [0.05, 0.1) is 25.6 Å². The van der Waals surface area contributed by atoms with Crippen LogP contribution in [0.25, 0.3) is 32.2 Å². The van der Waals surface area contributed by atoms with Gasteiger partial charge in [0.2, 0.25) is 5.95 Å². The average molecular weight is 557 g/mol. The van der Waals surface area contributed by atoms with Crippen LogP contribution >= 0.6 is 34.3 Å². The minimum absolute atomic E-state index is 0.137. The molecule has 0 radical (unpaired) electrons. The molecule has 1 aliphatic rings. The number of para-hydroxylation sites is 1. The van der Waals surface area contributed by atoms with Crippen LogP contribution in [-0.4, -0.2) is 57.8 Å². The maximum absolute atomic E-state index is 16.4. The Morgan fingerprint density at radius 3 is 2.84 bits per heavy atom. The van der Waals surface area contributed by atoms with Crippen LogP contribution in [0, 0.1) is 5.82 Å². The number of thiazole rings is 2. The molecule has 3 aromatic heterocycles. The van der Waals surface area contributed by atoms with Crippen molar-refractivity contribution in [2.45, 2.75) is 6.10 Å². The van der Waals surface area contributed by atoms with E-state index in [1.54, 1.807) is 23.8 Å². The SMILES string of the molecule is Nc1nc2c(-c3c(Cl)cc4c(N5CCNCC5)nc(NCC(O)c5cncs5)nc4c3F)cccc2s1. The van der Waals surface area contributed by atoms with Gasteiger partial charge >= 0.3 is 0 Å². The number of aromatic nitrogens is 4. The highest BCUT2D eigenvalue weighted by Crippen LogP contribution is 2.41. The highest BCUT2D eigenvalue weighted by Gasteiger charge is 2.24. The van der Waals surface area contributed by atoms with E-state index >= 15 is 4.39 Å². The van der Waals surface area contributed by atoms with Crippen molar-refractivity contribution in [3.05, 3.63) is 51.7 Å². The zero-order valence-corrected chi connectivity index (χ0v) is 21.8. The van der Waals surface area contributed by atoms with Crippen LogP contribution in [0.15, 0.2) is 36.0 Å². The first-order valence-corrected chi connectivity index (χ1v) is 13.7. The molecule has 0 bridgehead atoms. The molecule has 1 unspecified atom stereocenters. The Labute approximate surface area is 224 Å². The molecule has 0 saturated carbocycles. The lowest BCUT2D eigenvalue weighted by Crippen LogP contribution is -2.44. The van der Waals surface area contributed by atoms with Gasteiger partial charge in [-0.2, -0.15) is 4.98 Å². The number of nitrogens with zero attached hydrogens (tertiary/aromatic N) is 5. The molecule has 1 fully saturated rings. The first-order valence-electron chi connectivity index (χ1n) is 11.6. The molecule has 1 aliphatic heterocycles. The van der Waals surface area contributed by atoms with E-state index in [0.29, 0.717) is 45.4 Å². The fraction of sp³-hybridized carbons (Fsp3) is 0.250. The van der Waals surface area contributed by atoms with Gasteiger partial charge in [-0.15, -0.1) is 11.3 Å². The third kappa shape index (κ3) is 4.55. The topological polar surface area (TPSA) is 125 Å². The predicted octanol–water partition coefficient (Wildman–Crippen LogP) is 4.29. The molecule has 2 aromatic carbocycles. The highest BCUT2D eigenvalue weighted by atomic mass is 35.5. The summed E-state index contributed by atoms with van der Waals surface area (Å²) in [7, 11) is 0. The molecular weight excluding hydrogens is 535 g/mol. The number of halogens is 2. The van der Waals surface area contributed by atoms with Gasteiger partial charge in [-0.1, -0.05) is 35.1 Å². The summed E-state index contributed by atoms with van der Waals surface area (Å²) in [4.78, 5) is 20.5. The fourth-order valence-electron chi connectivity index (χ4n) is 4.47. The van der Waals surface area contributed by atoms with E-state index in [-0.39, 0.29) is 28.6 Å². The van der Waals surface area contributed by atoms with Crippen molar-refractivity contribution < 1.29 is 9.50 Å². The van der Waals surface area contributed by atoms with Gasteiger partial charge in [-0.3, -0.25) is 4.98 Å². The van der Waals surface area contributed by atoms with Gasteiger partial charge in [-0.05, 0) is 12.1 Å². The van der Waals surface area contributed by atoms with Crippen LogP contribution in [-0.2, 0) is 0 Å². The van der Waals surface area contributed by atoms with E-state index in [1.165, 1.54) is 22.7 Å². The number of nitrogens with two attached hydrogens (primary N) is 1. The number of rotatable bonds is 6. The monoisotopic (exact) mass is 556 g/mol. The zero-order chi connectivity index (χ0) is 25.5. The van der Waals surface area contributed by atoms with E-state index in [1.807, 2.05) is 12.1 Å². The molecule has 4 heterocycles. The minimum atomic E-state index is -0.798. The number of aliphatic hydroxyl groups is 1. The normalized spacial score (nSPS) is 14.9. The second-order valence-electron chi connectivity index (χ2n) is 8.56. The number of nitrogens with one attached hydrogen (secondary N) is 2. The first-order chi connectivity index (χ1) is 18.0. The molecular formula is C24H22ClFN8OS2. The van der Waals surface area contributed by atoms with Crippen LogP contribution in [0.1, 0.15) is 11.0 Å². The Morgan fingerprint density at radius 2 is 2.05 bits per heavy atom. The van der Waals surface area contributed by atoms with Crippen molar-refractivity contribution in [2.24, 2.45) is 0 Å². The van der Waals surface area contributed by atoms with Crippen LogP contribution in [0.5, 0.6) is 0 Å². The summed E-state index contributed by atoms with van der Waals surface area (Å²) in [6.07, 6.45) is 0.817. The standard InChI is InChI=1S/C24H22ClFN8OS2/c25-14-8-13-21(19(26)18(14)12-2-1-3-16-20(12)31-23(27)37-16)32-24(30-9-15(35)17-10-29-11-36-17)33-22(13)34-6-4-28-5-7-34/h1-3,8,10-11,15,28,35H,4-7,9H2,(H2,27,31)(H,30,32,33). The molecule has 0 amide bonds. The largest absolute Gasteiger partial charge is 0.386 e. The second-order valence-corrected chi connectivity index (χ2v) is 10.9. The molecule has 9 nitrogen and oxygen atoms in total. The van der Waals surface area contributed by atoms with Crippen molar-refractivity contribution in [1.82, 2.24) is 25.3 Å². The Kier molecular flexibility index (Phi) is 6.51. The van der Waals surface area contributed by atoms with Crippen molar-refractivity contribution in [3.8, 4) is 11.1 Å². The third-order valence-corrected chi connectivity index (χ3v) is 8.24. The summed E-state index contributed by atoms with van der Waals surface area (Å²) >= 11 is 9.41. The quantitative estimate of drug-likeness (QED) is 0.242. The number of aliphatic hydroxyl groups excluding tert-OH is 1. The number of anilines is 3. The molecule has 1 saturated heterocycles. The Bertz CT molecular complexity index is 1590. The molecule has 5 aromatic rings. The van der Waals surface area contributed by atoms with Crippen molar-refractivity contribution in [3.63, 3.8) is 0 Å². The average Bonchev–Trinajstić information content (AvgIpc) is 3.57. The summed E-state index contributed by atoms with van der Waals surface area (Å²) in [5.41, 5.74) is 9.08. The Hall–Kier alpha value is -3.16. The Morgan fingerprint density at radius 1 is 1.22 bits per heavy atom. The van der Waals surface area contributed by atoms with Crippen molar-refractivity contribution in [1.29, 1.82) is 0 Å². The highest BCUT2D eigenvalue weighted by molar-refractivity contribution is 7.22. The summed E-state index contributed by atoms with van der Waals surface area (Å²) in [6.45, 7) is 3.11. The number of benzene rings is 2. The molecule has 0 spiro atoms. The number of nitrogen functional groups attached to an aromatic ring is 1. The number of piperazine rings is 1. The van der Waals surface area contributed by atoms with Gasteiger partial charge in [0.25, 0.3) is 0 Å². The van der Waals surface area contributed by atoms with Gasteiger partial charge in [0, 0.05) is 55.4 Å². The third-order valence-electron chi connectivity index (χ3n) is 6.22. The van der Waals surface area contributed by atoms with Crippen LogP contribution in [0.2, 0.25) is 5.02 Å². The molecule has 190 valence electrons. The molecule has 0 aliphatic carbocycles. The van der Waals surface area contributed by atoms with E-state index in [4.69, 9.17) is 22.3 Å². The predicted molar refractivity (Wildman–Crippen MR) is 148 cm³/mol. The second kappa shape index (κ2) is 9.95. The smallest absolute Gasteiger partial charge is 0.225 e. The number of fused-ring (bicyclic) bond motifs is 2. The van der Waals surface area contributed by atoms with Crippen LogP contribution in [0.4, 0.5) is 21.3 Å². The lowest BCUT2D eigenvalue weighted by Gasteiger charge is -2.29. The maximum Gasteiger partial charge on any atom is 0.225 e. The lowest BCUT2D eigenvalue weighted by atomic mass is 10.0. The van der Waals surface area contributed by atoms with E-state index in [0.717, 1.165) is 17.8 Å². The van der Waals surface area contributed by atoms with E-state index in [9.17, 15) is 5.11 Å². The summed E-state index contributed by atoms with van der Waals surface area (Å²) < 4.78 is 17.2.